The lowest BCUT2D eigenvalue weighted by molar-refractivity contribution is -0.264. The summed E-state index contributed by atoms with van der Waals surface area (Å²) in [7, 11) is 0. The molecule has 13 heteroatoms. The normalized spacial score (nSPS) is 31.3. The minimum atomic E-state index is -0.842. The monoisotopic (exact) mass is 997 g/mol. The Morgan fingerprint density at radius 2 is 1.30 bits per heavy atom. The number of hydrogen-bond acceptors (Lipinski definition) is 13. The Kier molecular flexibility index (Phi) is 18.7. The van der Waals surface area contributed by atoms with E-state index in [1.807, 2.05) is 66.7 Å². The molecular weight excluding hydrogens is 905 g/mol. The van der Waals surface area contributed by atoms with Crippen LogP contribution in [-0.2, 0) is 47.7 Å². The molecule has 2 saturated heterocycles. The molecule has 402 valence electrons. The first-order valence-electron chi connectivity index (χ1n) is 27.2. The number of phenolic OH excluding ortho intramolecular Hbond substituents is 1. The van der Waals surface area contributed by atoms with Gasteiger partial charge in [0.1, 0.15) is 29.2 Å². The first-order valence-corrected chi connectivity index (χ1v) is 27.2. The van der Waals surface area contributed by atoms with E-state index in [1.165, 1.54) is 18.4 Å². The minimum absolute atomic E-state index is 0.0226. The zero-order valence-corrected chi connectivity index (χ0v) is 45.8. The van der Waals surface area contributed by atoms with Gasteiger partial charge in [-0.05, 0) is 179 Å². The number of rotatable bonds is 14. The summed E-state index contributed by atoms with van der Waals surface area (Å²) in [4.78, 5) is 60.6. The number of benzene rings is 1. The second-order valence-electron chi connectivity index (χ2n) is 25.2. The van der Waals surface area contributed by atoms with Crippen LogP contribution in [0.25, 0.3) is 0 Å². The number of phenols is 1. The van der Waals surface area contributed by atoms with Gasteiger partial charge in [-0.15, -0.1) is 0 Å². The summed E-state index contributed by atoms with van der Waals surface area (Å²) in [5.74, 6) is 0.871. The van der Waals surface area contributed by atoms with Gasteiger partial charge in [0.15, 0.2) is 6.61 Å². The lowest BCUT2D eigenvalue weighted by atomic mass is 9.50. The van der Waals surface area contributed by atoms with E-state index in [4.69, 9.17) is 28.8 Å². The molecule has 2 heterocycles. The number of carbonyl (C=O) groups excluding carboxylic acids is 5. The number of aromatic hydroxyl groups is 1. The van der Waals surface area contributed by atoms with Crippen molar-refractivity contribution in [1.29, 1.82) is 0 Å². The van der Waals surface area contributed by atoms with Crippen LogP contribution in [-0.4, -0.2) is 86.4 Å². The number of esters is 5. The summed E-state index contributed by atoms with van der Waals surface area (Å²) in [6.07, 6.45) is 14.1. The molecule has 1 aromatic rings. The summed E-state index contributed by atoms with van der Waals surface area (Å²) in [5.41, 5.74) is -2.76. The van der Waals surface area contributed by atoms with E-state index in [0.29, 0.717) is 49.2 Å². The first-order chi connectivity index (χ1) is 33.0. The third kappa shape index (κ3) is 14.3. The number of fused-ring (bicyclic) bond motifs is 1. The van der Waals surface area contributed by atoms with Gasteiger partial charge >= 0.3 is 29.8 Å². The fourth-order valence-corrected chi connectivity index (χ4v) is 12.2. The summed E-state index contributed by atoms with van der Waals surface area (Å²) in [5, 5.41) is 30.5. The van der Waals surface area contributed by atoms with Crippen molar-refractivity contribution in [2.75, 3.05) is 6.61 Å². The molecule has 8 atom stereocenters. The zero-order chi connectivity index (χ0) is 53.0. The van der Waals surface area contributed by atoms with Crippen LogP contribution in [0, 0.1) is 45.8 Å². The van der Waals surface area contributed by atoms with Gasteiger partial charge in [-0.2, -0.15) is 0 Å². The van der Waals surface area contributed by atoms with Crippen LogP contribution < -0.4 is 0 Å². The number of hydrogen-bond donors (Lipinski definition) is 3. The molecule has 8 bridgehead atoms. The third-order valence-electron chi connectivity index (χ3n) is 17.9. The highest BCUT2D eigenvalue weighted by molar-refractivity contribution is 5.80. The molecule has 9 fully saturated rings. The Hall–Kier alpha value is -3.71. The smallest absolute Gasteiger partial charge is 0.344 e. The van der Waals surface area contributed by atoms with Crippen molar-refractivity contribution in [2.24, 2.45) is 45.8 Å². The van der Waals surface area contributed by atoms with Crippen LogP contribution in [0.1, 0.15) is 217 Å². The molecule has 7 aliphatic carbocycles. The van der Waals surface area contributed by atoms with E-state index >= 15 is 0 Å². The number of aliphatic hydroxyl groups is 2. The Labute approximate surface area is 425 Å². The van der Waals surface area contributed by atoms with Crippen LogP contribution >= 0.6 is 0 Å². The molecule has 7 saturated carbocycles. The maximum absolute atomic E-state index is 12.4. The minimum Gasteiger partial charge on any atom is -0.508 e. The van der Waals surface area contributed by atoms with Crippen molar-refractivity contribution >= 4 is 29.8 Å². The molecule has 0 amide bonds. The van der Waals surface area contributed by atoms with E-state index in [1.54, 1.807) is 19.9 Å². The second kappa shape index (κ2) is 22.8. The van der Waals surface area contributed by atoms with E-state index in [0.717, 1.165) is 77.0 Å². The van der Waals surface area contributed by atoms with Crippen LogP contribution in [0.3, 0.4) is 0 Å². The van der Waals surface area contributed by atoms with Gasteiger partial charge in [-0.25, -0.2) is 4.79 Å². The Balaban J connectivity index is 0.000000182. The molecule has 8 unspecified atom stereocenters. The van der Waals surface area contributed by atoms with Crippen molar-refractivity contribution in [2.45, 2.75) is 246 Å². The Bertz CT molecular complexity index is 1990. The average Bonchev–Trinajstić information content (AvgIpc) is 3.71. The van der Waals surface area contributed by atoms with Crippen molar-refractivity contribution in [3.05, 3.63) is 29.8 Å². The molecule has 13 nitrogen and oxygen atoms in total. The molecule has 0 spiro atoms. The fraction of sp³-hybridized carbons (Fsp3) is 0.810. The molecule has 0 aromatic heterocycles. The standard InChI is InChI=1S/C18H26O6.C16H26O4.C14H26O2.C10H14O/c1-4-18(2,3)17(21)22-9-14(19)24-15-11-5-10-6-12(8-11)16(20)23-13(15)7-10;1-4-13(2,3)12(17)20-16-7-11-5-14(18,9-16)8-15(19,6-11)10-16;1-6-13(4,5)12(15)16-14(11(2)3)9-7-8-10-14;1-3-8(2)9-5-4-6-10(11)7-9/h10-13,15H,4-9H2,1-3H3;11,18-19H,4-10H2,1-3H3;11H,6-10H2,1-5H3;4-8,11H,3H2,1-2H3. The van der Waals surface area contributed by atoms with Crippen LogP contribution in [0.2, 0.25) is 0 Å². The van der Waals surface area contributed by atoms with Gasteiger partial charge in [0.25, 0.3) is 0 Å². The van der Waals surface area contributed by atoms with Gasteiger partial charge < -0.3 is 39.0 Å². The van der Waals surface area contributed by atoms with Crippen molar-refractivity contribution in [3.8, 4) is 5.75 Å². The van der Waals surface area contributed by atoms with Crippen LogP contribution in [0.4, 0.5) is 0 Å². The summed E-state index contributed by atoms with van der Waals surface area (Å²) in [6.45, 7) is 25.4. The summed E-state index contributed by atoms with van der Waals surface area (Å²) in [6, 6.07) is 7.46. The van der Waals surface area contributed by atoms with Gasteiger partial charge in [-0.1, -0.05) is 60.6 Å². The van der Waals surface area contributed by atoms with Gasteiger partial charge in [0.05, 0.1) is 33.4 Å². The van der Waals surface area contributed by atoms with Crippen LogP contribution in [0.15, 0.2) is 24.3 Å². The maximum atomic E-state index is 12.4. The van der Waals surface area contributed by atoms with Gasteiger partial charge in [-0.3, -0.25) is 19.2 Å². The quantitative estimate of drug-likeness (QED) is 0.118. The van der Waals surface area contributed by atoms with Crippen molar-refractivity contribution in [3.63, 3.8) is 0 Å². The zero-order valence-electron chi connectivity index (χ0n) is 45.8. The highest BCUT2D eigenvalue weighted by atomic mass is 16.6. The van der Waals surface area contributed by atoms with E-state index in [-0.39, 0.29) is 59.4 Å². The van der Waals surface area contributed by atoms with E-state index < -0.39 is 45.7 Å². The Morgan fingerprint density at radius 1 is 0.732 bits per heavy atom. The summed E-state index contributed by atoms with van der Waals surface area (Å²) >= 11 is 0. The lowest BCUT2D eigenvalue weighted by Crippen LogP contribution is -2.67. The molecule has 3 N–H and O–H groups in total. The molecule has 10 rings (SSSR count). The first kappa shape index (κ1) is 58.2. The fourth-order valence-electron chi connectivity index (χ4n) is 12.2. The van der Waals surface area contributed by atoms with Crippen molar-refractivity contribution in [1.82, 2.24) is 0 Å². The summed E-state index contributed by atoms with van der Waals surface area (Å²) < 4.78 is 27.9. The molecule has 0 radical (unpaired) electrons. The van der Waals surface area contributed by atoms with Gasteiger partial charge in [0, 0.05) is 25.2 Å². The third-order valence-corrected chi connectivity index (χ3v) is 17.9. The lowest BCUT2D eigenvalue weighted by Gasteiger charge is -2.62. The largest absolute Gasteiger partial charge is 0.508 e. The molecular formula is C58H92O13. The molecule has 2 aliphatic heterocycles. The predicted molar refractivity (Wildman–Crippen MR) is 271 cm³/mol. The number of carbonyl (C=O) groups is 5. The predicted octanol–water partition coefficient (Wildman–Crippen LogP) is 11.2. The highest BCUT2D eigenvalue weighted by Gasteiger charge is 2.65. The maximum Gasteiger partial charge on any atom is 0.344 e. The molecule has 1 aromatic carbocycles. The van der Waals surface area contributed by atoms with Crippen molar-refractivity contribution < 1.29 is 63.0 Å². The second-order valence-corrected chi connectivity index (χ2v) is 25.2. The van der Waals surface area contributed by atoms with E-state index in [2.05, 4.69) is 27.7 Å². The average molecular weight is 997 g/mol. The van der Waals surface area contributed by atoms with E-state index in [9.17, 15) is 34.2 Å². The number of ether oxygens (including phenoxy) is 5. The van der Waals surface area contributed by atoms with Crippen LogP contribution in [0.5, 0.6) is 5.75 Å². The highest BCUT2D eigenvalue weighted by Crippen LogP contribution is 2.61. The topological polar surface area (TPSA) is 192 Å². The SMILES string of the molecule is CCC(C)(C)C(=O)OC1(C(C)C)CCCC1.CCC(C)(C)C(=O)OC12CC3CC(O)(CC(O)(C3)C1)C2.CCC(C)(C)C(=O)OCC(=O)OC1C2CC3CC(C2)C(=O)OC1C3.CCC(C)c1cccc(O)c1. The molecule has 71 heavy (non-hydrogen) atoms. The molecule has 9 aliphatic rings. The van der Waals surface area contributed by atoms with Gasteiger partial charge in [0.2, 0.25) is 0 Å². The Morgan fingerprint density at radius 3 is 1.82 bits per heavy atom.